The van der Waals surface area contributed by atoms with Crippen molar-refractivity contribution in [2.24, 2.45) is 9.98 Å². The molecule has 6 rings (SSSR count). The fourth-order valence-corrected chi connectivity index (χ4v) is 9.44. The van der Waals surface area contributed by atoms with Gasteiger partial charge in [0.1, 0.15) is 0 Å². The number of benzene rings is 4. The zero-order valence-electron chi connectivity index (χ0n) is 36.9. The summed E-state index contributed by atoms with van der Waals surface area (Å²) in [6.45, 7) is 26.6. The number of morpholine rings is 2. The third-order valence-corrected chi connectivity index (χ3v) is 12.4. The van der Waals surface area contributed by atoms with Crippen LogP contribution in [0, 0.1) is 20.8 Å². The molecule has 4 aromatic carbocycles. The number of aliphatic imine (C=N–C) groups is 2. The Hall–Kier alpha value is -4.22. The van der Waals surface area contributed by atoms with E-state index in [1.165, 1.54) is 5.56 Å². The average Bonchev–Trinajstić information content (AvgIpc) is 3.21. The van der Waals surface area contributed by atoms with Gasteiger partial charge >= 0.3 is 0 Å². The van der Waals surface area contributed by atoms with Gasteiger partial charge in [0.05, 0.1) is 26.4 Å². The Labute approximate surface area is 351 Å². The summed E-state index contributed by atoms with van der Waals surface area (Å²) in [6.07, 6.45) is 8.10. The smallest absolute Gasteiger partial charge is 0.167 e. The van der Waals surface area contributed by atoms with Gasteiger partial charge in [-0.3, -0.25) is 19.8 Å². The van der Waals surface area contributed by atoms with Crippen LogP contribution in [0.15, 0.2) is 22.1 Å². The van der Waals surface area contributed by atoms with Crippen LogP contribution in [0.25, 0.3) is 32.7 Å². The SMILES string of the molecule is CCCCc1cc2c(C(C)C)c(O)c(O)c(C=NCCCN3CCOCC3)c2c(C)c1-c1c(C)cc2c(C(C)C)c(O)c(O)c(C=NCCCN3CCOCC3)c2c1C. The molecule has 2 fully saturated rings. The summed E-state index contributed by atoms with van der Waals surface area (Å²) in [5.41, 5.74) is 8.90. The molecule has 0 aliphatic carbocycles. The first-order valence-electron chi connectivity index (χ1n) is 22.0. The predicted molar refractivity (Wildman–Crippen MR) is 243 cm³/mol. The lowest BCUT2D eigenvalue weighted by molar-refractivity contribution is 0.0377. The van der Waals surface area contributed by atoms with Gasteiger partial charge in [0.15, 0.2) is 23.0 Å². The van der Waals surface area contributed by atoms with Gasteiger partial charge < -0.3 is 29.9 Å². The molecule has 320 valence electrons. The van der Waals surface area contributed by atoms with Gasteiger partial charge in [-0.05, 0) is 113 Å². The maximum Gasteiger partial charge on any atom is 0.167 e. The molecule has 0 bridgehead atoms. The second-order valence-corrected chi connectivity index (χ2v) is 17.2. The molecule has 0 saturated carbocycles. The molecule has 0 radical (unpaired) electrons. The van der Waals surface area contributed by atoms with Crippen LogP contribution in [0.2, 0.25) is 0 Å². The van der Waals surface area contributed by atoms with E-state index in [-0.39, 0.29) is 34.8 Å². The number of rotatable bonds is 16. The standard InChI is InChI=1S/C49H68N4O6/c1-9-10-13-35-27-37-41(31(4)5)49(57)47(55)39(29-51-15-12-17-53-20-24-59-25-21-53)45(37)34(8)43(35)42-32(6)26-36-40(30(2)3)48(56)46(54)38(44(36)33(42)7)28-50-14-11-16-52-18-22-58-23-19-52/h26-31,54-57H,9-25H2,1-8H3. The summed E-state index contributed by atoms with van der Waals surface area (Å²) >= 11 is 0. The highest BCUT2D eigenvalue weighted by Crippen LogP contribution is 2.50. The zero-order chi connectivity index (χ0) is 42.4. The minimum atomic E-state index is -0.147. The summed E-state index contributed by atoms with van der Waals surface area (Å²) in [5.74, 6) is -0.557. The van der Waals surface area contributed by atoms with Crippen LogP contribution >= 0.6 is 0 Å². The summed E-state index contributed by atoms with van der Waals surface area (Å²) in [7, 11) is 0. The lowest BCUT2D eigenvalue weighted by Crippen LogP contribution is -2.37. The highest BCUT2D eigenvalue weighted by molar-refractivity contribution is 6.12. The van der Waals surface area contributed by atoms with Gasteiger partial charge in [-0.1, -0.05) is 53.2 Å². The molecule has 2 saturated heterocycles. The minimum Gasteiger partial charge on any atom is -0.504 e. The van der Waals surface area contributed by atoms with E-state index in [4.69, 9.17) is 19.5 Å². The van der Waals surface area contributed by atoms with E-state index >= 15 is 0 Å². The van der Waals surface area contributed by atoms with Gasteiger partial charge in [-0.25, -0.2) is 0 Å². The Kier molecular flexibility index (Phi) is 14.9. The second-order valence-electron chi connectivity index (χ2n) is 17.2. The molecule has 10 nitrogen and oxygen atoms in total. The van der Waals surface area contributed by atoms with Gasteiger partial charge in [-0.15, -0.1) is 0 Å². The molecule has 4 aromatic rings. The largest absolute Gasteiger partial charge is 0.504 e. The first-order valence-corrected chi connectivity index (χ1v) is 22.0. The molecule has 0 atom stereocenters. The van der Waals surface area contributed by atoms with Crippen molar-refractivity contribution >= 4 is 34.0 Å². The molecular formula is C49H68N4O6. The molecular weight excluding hydrogens is 741 g/mol. The van der Waals surface area contributed by atoms with Crippen LogP contribution in [0.1, 0.15) is 117 Å². The topological polar surface area (TPSA) is 131 Å². The average molecular weight is 809 g/mol. The summed E-state index contributed by atoms with van der Waals surface area (Å²) < 4.78 is 11.0. The van der Waals surface area contributed by atoms with Gasteiger partial charge in [0.2, 0.25) is 0 Å². The number of hydrogen-bond donors (Lipinski definition) is 4. The zero-order valence-corrected chi connectivity index (χ0v) is 36.9. The summed E-state index contributed by atoms with van der Waals surface area (Å²) in [6, 6.07) is 4.41. The van der Waals surface area contributed by atoms with E-state index in [0.29, 0.717) is 24.2 Å². The Morgan fingerprint density at radius 2 is 1.07 bits per heavy atom. The number of phenolic OH excluding ortho intramolecular Hbond substituents is 4. The predicted octanol–water partition coefficient (Wildman–Crippen LogP) is 9.28. The van der Waals surface area contributed by atoms with E-state index in [1.54, 1.807) is 12.4 Å². The maximum absolute atomic E-state index is 11.8. The van der Waals surface area contributed by atoms with Crippen molar-refractivity contribution in [2.75, 3.05) is 78.8 Å². The van der Waals surface area contributed by atoms with Gasteiger partial charge in [0.25, 0.3) is 0 Å². The number of fused-ring (bicyclic) bond motifs is 2. The lowest BCUT2D eigenvalue weighted by atomic mass is 9.79. The van der Waals surface area contributed by atoms with Crippen molar-refractivity contribution in [2.45, 2.75) is 99.3 Å². The Morgan fingerprint density at radius 3 is 1.51 bits per heavy atom. The lowest BCUT2D eigenvalue weighted by Gasteiger charge is -2.26. The number of phenols is 4. The van der Waals surface area contributed by atoms with Crippen molar-refractivity contribution in [3.05, 3.63) is 56.6 Å². The Balaban J connectivity index is 1.54. The number of unbranched alkanes of at least 4 members (excludes halogenated alkanes) is 1. The Bertz CT molecular complexity index is 2180. The summed E-state index contributed by atoms with van der Waals surface area (Å²) in [4.78, 5) is 14.5. The van der Waals surface area contributed by atoms with Crippen molar-refractivity contribution in [1.82, 2.24) is 9.80 Å². The number of hydrogen-bond acceptors (Lipinski definition) is 10. The van der Waals surface area contributed by atoms with Crippen LogP contribution in [0.3, 0.4) is 0 Å². The van der Waals surface area contributed by atoms with Crippen molar-refractivity contribution in [3.8, 4) is 34.1 Å². The first kappa shape index (κ1) is 44.3. The summed E-state index contributed by atoms with van der Waals surface area (Å²) in [5, 5.41) is 50.2. The van der Waals surface area contributed by atoms with Crippen LogP contribution in [0.5, 0.6) is 23.0 Å². The first-order chi connectivity index (χ1) is 28.4. The van der Waals surface area contributed by atoms with Crippen LogP contribution in [-0.4, -0.2) is 121 Å². The highest BCUT2D eigenvalue weighted by atomic mass is 16.5. The van der Waals surface area contributed by atoms with Crippen LogP contribution < -0.4 is 0 Å². The molecule has 2 aliphatic rings. The number of aromatic hydroxyl groups is 4. The van der Waals surface area contributed by atoms with Crippen molar-refractivity contribution in [3.63, 3.8) is 0 Å². The Morgan fingerprint density at radius 1 is 0.627 bits per heavy atom. The van der Waals surface area contributed by atoms with E-state index in [2.05, 4.69) is 63.5 Å². The van der Waals surface area contributed by atoms with Crippen LogP contribution in [0.4, 0.5) is 0 Å². The second kappa shape index (κ2) is 19.9. The quantitative estimate of drug-likeness (QED) is 0.0501. The number of nitrogens with zero attached hydrogens (tertiary/aromatic N) is 4. The van der Waals surface area contributed by atoms with Gasteiger partial charge in [-0.2, -0.15) is 0 Å². The molecule has 0 amide bonds. The van der Waals surface area contributed by atoms with Crippen molar-refractivity contribution < 1.29 is 29.9 Å². The number of aryl methyl sites for hydroxylation is 4. The van der Waals surface area contributed by atoms with Crippen LogP contribution in [-0.2, 0) is 15.9 Å². The monoisotopic (exact) mass is 809 g/mol. The molecule has 2 heterocycles. The minimum absolute atomic E-state index is 0.0443. The molecule has 0 unspecified atom stereocenters. The normalized spacial score (nSPS) is 16.0. The molecule has 0 spiro atoms. The molecule has 59 heavy (non-hydrogen) atoms. The fourth-order valence-electron chi connectivity index (χ4n) is 9.44. The maximum atomic E-state index is 11.8. The van der Waals surface area contributed by atoms with E-state index < -0.39 is 0 Å². The number of ether oxygens (including phenoxy) is 2. The highest BCUT2D eigenvalue weighted by Gasteiger charge is 2.28. The third kappa shape index (κ3) is 9.41. The molecule has 0 aromatic heterocycles. The fraction of sp³-hybridized carbons (Fsp3) is 0.551. The molecule has 2 aliphatic heterocycles. The van der Waals surface area contributed by atoms with E-state index in [0.717, 1.165) is 158 Å². The van der Waals surface area contributed by atoms with E-state index in [9.17, 15) is 20.4 Å². The van der Waals surface area contributed by atoms with E-state index in [1.807, 2.05) is 13.8 Å². The van der Waals surface area contributed by atoms with Crippen molar-refractivity contribution in [1.29, 1.82) is 0 Å². The molecule has 4 N–H and O–H groups in total. The third-order valence-electron chi connectivity index (χ3n) is 12.4. The molecule has 10 heteroatoms. The van der Waals surface area contributed by atoms with Gasteiger partial charge in [0, 0.05) is 87.0 Å².